The van der Waals surface area contributed by atoms with Crippen LogP contribution in [0.2, 0.25) is 0 Å². The van der Waals surface area contributed by atoms with Crippen LogP contribution in [0.1, 0.15) is 34.6 Å². The quantitative estimate of drug-likeness (QED) is 0.788. The molecule has 2 rings (SSSR count). The standard InChI is InChI=1S/C16H18BrNO2S/c1-4-11-13(18)15(16(19)20-5-2)21-14(11)10-6-7-12(17)9(3)8-10/h6-8H,4-5,18H2,1-3H3. The lowest BCUT2D eigenvalue weighted by atomic mass is 10.0. The third-order valence-electron chi connectivity index (χ3n) is 3.28. The number of rotatable bonds is 4. The van der Waals surface area contributed by atoms with E-state index in [0.717, 1.165) is 32.5 Å². The molecular formula is C16H18BrNO2S. The number of benzene rings is 1. The Balaban J connectivity index is 2.55. The third kappa shape index (κ3) is 3.14. The zero-order chi connectivity index (χ0) is 15.6. The Labute approximate surface area is 137 Å². The van der Waals surface area contributed by atoms with Gasteiger partial charge in [0, 0.05) is 9.35 Å². The first kappa shape index (κ1) is 16.0. The molecule has 0 saturated carbocycles. The average molecular weight is 368 g/mol. The molecule has 0 radical (unpaired) electrons. The Kier molecular flexibility index (Phi) is 5.06. The summed E-state index contributed by atoms with van der Waals surface area (Å²) in [5.41, 5.74) is 9.96. The van der Waals surface area contributed by atoms with Crippen molar-refractivity contribution in [3.05, 3.63) is 38.7 Å². The summed E-state index contributed by atoms with van der Waals surface area (Å²) >= 11 is 4.92. The van der Waals surface area contributed by atoms with Crippen molar-refractivity contribution in [3.63, 3.8) is 0 Å². The van der Waals surface area contributed by atoms with Crippen molar-refractivity contribution in [2.24, 2.45) is 0 Å². The maximum Gasteiger partial charge on any atom is 0.350 e. The van der Waals surface area contributed by atoms with Crippen LogP contribution < -0.4 is 5.73 Å². The largest absolute Gasteiger partial charge is 0.462 e. The molecule has 0 bridgehead atoms. The highest BCUT2D eigenvalue weighted by molar-refractivity contribution is 9.10. The van der Waals surface area contributed by atoms with Crippen molar-refractivity contribution in [3.8, 4) is 10.4 Å². The van der Waals surface area contributed by atoms with Crippen molar-refractivity contribution >= 4 is 38.9 Å². The number of anilines is 1. The molecule has 5 heteroatoms. The van der Waals surface area contributed by atoms with Crippen LogP contribution in [0, 0.1) is 6.92 Å². The summed E-state index contributed by atoms with van der Waals surface area (Å²) in [7, 11) is 0. The summed E-state index contributed by atoms with van der Waals surface area (Å²) in [6.07, 6.45) is 0.784. The first-order valence-corrected chi connectivity index (χ1v) is 8.45. The molecule has 0 aliphatic carbocycles. The van der Waals surface area contributed by atoms with Crippen LogP contribution >= 0.6 is 27.3 Å². The minimum atomic E-state index is -0.338. The number of nitrogens with two attached hydrogens (primary N) is 1. The third-order valence-corrected chi connectivity index (χ3v) is 5.45. The van der Waals surface area contributed by atoms with Gasteiger partial charge in [-0.25, -0.2) is 4.79 Å². The van der Waals surface area contributed by atoms with Crippen LogP contribution in [0.25, 0.3) is 10.4 Å². The normalized spacial score (nSPS) is 10.7. The molecule has 0 aliphatic rings. The molecule has 3 nitrogen and oxygen atoms in total. The number of hydrogen-bond acceptors (Lipinski definition) is 4. The summed E-state index contributed by atoms with van der Waals surface area (Å²) in [5.74, 6) is -0.338. The van der Waals surface area contributed by atoms with Gasteiger partial charge in [-0.1, -0.05) is 28.9 Å². The number of carbonyl (C=O) groups excluding carboxylic acids is 1. The summed E-state index contributed by atoms with van der Waals surface area (Å²) in [5, 5.41) is 0. The number of halogens is 1. The van der Waals surface area contributed by atoms with Crippen LogP contribution in [0.3, 0.4) is 0 Å². The Morgan fingerprint density at radius 2 is 2.10 bits per heavy atom. The summed E-state index contributed by atoms with van der Waals surface area (Å²) in [4.78, 5) is 13.6. The molecule has 0 aliphatic heterocycles. The van der Waals surface area contributed by atoms with Crippen LogP contribution in [0.4, 0.5) is 5.69 Å². The number of aryl methyl sites for hydroxylation is 1. The lowest BCUT2D eigenvalue weighted by Gasteiger charge is -2.05. The zero-order valence-electron chi connectivity index (χ0n) is 12.3. The molecule has 0 saturated heterocycles. The first-order valence-electron chi connectivity index (χ1n) is 6.84. The van der Waals surface area contributed by atoms with Gasteiger partial charge < -0.3 is 10.5 Å². The van der Waals surface area contributed by atoms with Crippen LogP contribution in [0.5, 0.6) is 0 Å². The highest BCUT2D eigenvalue weighted by atomic mass is 79.9. The van der Waals surface area contributed by atoms with E-state index >= 15 is 0 Å². The molecule has 0 spiro atoms. The molecule has 2 aromatic rings. The molecule has 0 amide bonds. The summed E-state index contributed by atoms with van der Waals surface area (Å²) < 4.78 is 6.15. The second-order valence-corrected chi connectivity index (χ2v) is 6.57. The minimum absolute atomic E-state index is 0.338. The fourth-order valence-electron chi connectivity index (χ4n) is 2.20. The zero-order valence-corrected chi connectivity index (χ0v) is 14.7. The SMILES string of the molecule is CCOC(=O)c1sc(-c2ccc(Br)c(C)c2)c(CC)c1N. The minimum Gasteiger partial charge on any atom is -0.462 e. The molecule has 1 aromatic heterocycles. The van der Waals surface area contributed by atoms with E-state index < -0.39 is 0 Å². The predicted octanol–water partition coefficient (Wildman–Crippen LogP) is 4.81. The molecule has 2 N–H and O–H groups in total. The van der Waals surface area contributed by atoms with Gasteiger partial charge in [0.15, 0.2) is 0 Å². The van der Waals surface area contributed by atoms with Gasteiger partial charge in [0.05, 0.1) is 12.3 Å². The summed E-state index contributed by atoms with van der Waals surface area (Å²) in [6, 6.07) is 6.16. The van der Waals surface area contributed by atoms with Crippen LogP contribution in [-0.2, 0) is 11.2 Å². The van der Waals surface area contributed by atoms with Gasteiger partial charge in [-0.05, 0) is 49.1 Å². The van der Waals surface area contributed by atoms with Gasteiger partial charge in [0.1, 0.15) is 4.88 Å². The van der Waals surface area contributed by atoms with Crippen molar-refractivity contribution in [2.75, 3.05) is 12.3 Å². The van der Waals surface area contributed by atoms with E-state index in [2.05, 4.69) is 22.0 Å². The Morgan fingerprint density at radius 3 is 2.67 bits per heavy atom. The van der Waals surface area contributed by atoms with Crippen molar-refractivity contribution in [1.29, 1.82) is 0 Å². The highest BCUT2D eigenvalue weighted by Gasteiger charge is 2.21. The fourth-order valence-corrected chi connectivity index (χ4v) is 3.64. The van der Waals surface area contributed by atoms with Crippen molar-refractivity contribution < 1.29 is 9.53 Å². The predicted molar refractivity (Wildman–Crippen MR) is 91.9 cm³/mol. The topological polar surface area (TPSA) is 52.3 Å². The molecule has 0 fully saturated rings. The highest BCUT2D eigenvalue weighted by Crippen LogP contribution is 2.40. The van der Waals surface area contributed by atoms with Gasteiger partial charge in [-0.3, -0.25) is 0 Å². The lowest BCUT2D eigenvalue weighted by molar-refractivity contribution is 0.0533. The lowest BCUT2D eigenvalue weighted by Crippen LogP contribution is -2.05. The van der Waals surface area contributed by atoms with E-state index in [9.17, 15) is 4.79 Å². The molecular weight excluding hydrogens is 350 g/mol. The average Bonchev–Trinajstić information content (AvgIpc) is 2.79. The summed E-state index contributed by atoms with van der Waals surface area (Å²) in [6.45, 7) is 6.23. The Morgan fingerprint density at radius 1 is 1.38 bits per heavy atom. The maximum atomic E-state index is 12.0. The number of esters is 1. The first-order chi connectivity index (χ1) is 9.99. The number of nitrogen functional groups attached to an aromatic ring is 1. The number of thiophene rings is 1. The maximum absolute atomic E-state index is 12.0. The van der Waals surface area contributed by atoms with E-state index in [-0.39, 0.29) is 5.97 Å². The Bertz CT molecular complexity index is 679. The van der Waals surface area contributed by atoms with Gasteiger partial charge in [0.2, 0.25) is 0 Å². The smallest absolute Gasteiger partial charge is 0.350 e. The van der Waals surface area contributed by atoms with E-state index in [1.807, 2.05) is 26.0 Å². The van der Waals surface area contributed by atoms with Gasteiger partial charge in [-0.15, -0.1) is 11.3 Å². The second kappa shape index (κ2) is 6.62. The number of ether oxygens (including phenoxy) is 1. The van der Waals surface area contributed by atoms with E-state index in [4.69, 9.17) is 10.5 Å². The van der Waals surface area contributed by atoms with Crippen molar-refractivity contribution in [1.82, 2.24) is 0 Å². The molecule has 1 aromatic carbocycles. The Hall–Kier alpha value is -1.33. The van der Waals surface area contributed by atoms with Crippen molar-refractivity contribution in [2.45, 2.75) is 27.2 Å². The van der Waals surface area contributed by atoms with Gasteiger partial charge in [-0.2, -0.15) is 0 Å². The fraction of sp³-hybridized carbons (Fsp3) is 0.312. The van der Waals surface area contributed by atoms with Crippen LogP contribution in [-0.4, -0.2) is 12.6 Å². The van der Waals surface area contributed by atoms with E-state index in [1.165, 1.54) is 11.3 Å². The number of hydrogen-bond donors (Lipinski definition) is 1. The molecule has 21 heavy (non-hydrogen) atoms. The van der Waals surface area contributed by atoms with Crippen LogP contribution in [0.15, 0.2) is 22.7 Å². The second-order valence-electron chi connectivity index (χ2n) is 4.69. The molecule has 0 atom stereocenters. The molecule has 112 valence electrons. The van der Waals surface area contributed by atoms with Gasteiger partial charge >= 0.3 is 5.97 Å². The number of carbonyl (C=O) groups is 1. The van der Waals surface area contributed by atoms with Gasteiger partial charge in [0.25, 0.3) is 0 Å². The molecule has 0 unspecified atom stereocenters. The van der Waals surface area contributed by atoms with E-state index in [0.29, 0.717) is 17.2 Å². The molecule has 1 heterocycles. The monoisotopic (exact) mass is 367 g/mol. The van der Waals surface area contributed by atoms with E-state index in [1.54, 1.807) is 6.92 Å².